The third-order valence-electron chi connectivity index (χ3n) is 4.81. The normalized spacial score (nSPS) is 11.7. The monoisotopic (exact) mass is 522 g/mol. The number of rotatable bonds is 18. The van der Waals surface area contributed by atoms with Crippen LogP contribution in [0.15, 0.2) is 57.7 Å². The molecule has 0 saturated carbocycles. The molecule has 0 aliphatic heterocycles. The third kappa shape index (κ3) is 11.8. The van der Waals surface area contributed by atoms with Gasteiger partial charge in [0.05, 0.1) is 43.4 Å². The van der Waals surface area contributed by atoms with Gasteiger partial charge in [0.1, 0.15) is 0 Å². The molecule has 11 nitrogen and oxygen atoms in total. The molecular weight excluding hydrogens is 488 g/mol. The highest BCUT2D eigenvalue weighted by atomic mass is 32.2. The van der Waals surface area contributed by atoms with E-state index in [-0.39, 0.29) is 23.2 Å². The average Bonchev–Trinajstić information content (AvgIpc) is 2.87. The van der Waals surface area contributed by atoms with Crippen molar-refractivity contribution in [2.45, 2.75) is 37.6 Å². The molecule has 1 amide bonds. The Kier molecular flexibility index (Phi) is 13.8. The van der Waals surface area contributed by atoms with Crippen molar-refractivity contribution in [2.75, 3.05) is 46.2 Å². The van der Waals surface area contributed by atoms with E-state index in [0.29, 0.717) is 57.1 Å². The zero-order valence-corrected chi connectivity index (χ0v) is 21.3. The van der Waals surface area contributed by atoms with Gasteiger partial charge in [0, 0.05) is 26.0 Å². The van der Waals surface area contributed by atoms with Crippen molar-refractivity contribution < 1.29 is 32.0 Å². The number of azo groups is 1. The molecular formula is C24H34N4O7S. The second-order valence-corrected chi connectivity index (χ2v) is 9.08. The molecule has 1 heterocycles. The molecule has 2 rings (SSSR count). The third-order valence-corrected chi connectivity index (χ3v) is 5.77. The number of benzene rings is 1. The summed E-state index contributed by atoms with van der Waals surface area (Å²) in [5.74, 6) is -0.00139. The number of hydrogen-bond donors (Lipinski definition) is 2. The lowest BCUT2D eigenvalue weighted by Crippen LogP contribution is -2.25. The van der Waals surface area contributed by atoms with Crippen LogP contribution in [0.2, 0.25) is 0 Å². The van der Waals surface area contributed by atoms with E-state index in [1.807, 2.05) is 0 Å². The number of amides is 1. The second kappa shape index (κ2) is 16.8. The Hall–Kier alpha value is -2.77. The molecule has 0 unspecified atom stereocenters. The molecule has 12 heteroatoms. The molecule has 0 fully saturated rings. The lowest BCUT2D eigenvalue weighted by Gasteiger charge is -2.07. The standard InChI is InChI=1S/C24H34N4O7S/c1-2-3-12-33-14-16-35-17-15-34-13-6-11-25-24(29)21-9-10-23(26-18-21)28-27-19-20-7-4-5-8-22(20)36(30,31)32/h4-5,7-10,18H,2-3,6,11-17,19H2,1H3,(H,25,29)(H,30,31,32). The highest BCUT2D eigenvalue weighted by Crippen LogP contribution is 2.17. The van der Waals surface area contributed by atoms with Crippen LogP contribution in [0.25, 0.3) is 0 Å². The molecule has 0 atom stereocenters. The molecule has 2 aromatic rings. The molecule has 2 N–H and O–H groups in total. The van der Waals surface area contributed by atoms with Crippen LogP contribution in [-0.2, 0) is 30.9 Å². The number of aromatic nitrogens is 1. The molecule has 1 aromatic carbocycles. The Balaban J connectivity index is 1.61. The SMILES string of the molecule is CCCCOCCOCCOCCCNC(=O)c1ccc(N=NCc2ccccc2S(=O)(=O)O)nc1. The van der Waals surface area contributed by atoms with Gasteiger partial charge in [0.15, 0.2) is 5.82 Å². The summed E-state index contributed by atoms with van der Waals surface area (Å²) in [5.41, 5.74) is 0.685. The minimum Gasteiger partial charge on any atom is -0.379 e. The fourth-order valence-corrected chi connectivity index (χ4v) is 3.63. The highest BCUT2D eigenvalue weighted by Gasteiger charge is 2.14. The number of pyridine rings is 1. The molecule has 1 aromatic heterocycles. The molecule has 198 valence electrons. The van der Waals surface area contributed by atoms with Gasteiger partial charge in [-0.2, -0.15) is 13.5 Å². The molecule has 0 aliphatic rings. The number of carbonyl (C=O) groups is 1. The number of ether oxygens (including phenoxy) is 3. The summed E-state index contributed by atoms with van der Waals surface area (Å²) in [6, 6.07) is 9.07. The summed E-state index contributed by atoms with van der Waals surface area (Å²) in [6.45, 7) is 5.95. The van der Waals surface area contributed by atoms with E-state index in [1.54, 1.807) is 12.1 Å². The molecule has 0 saturated heterocycles. The van der Waals surface area contributed by atoms with Crippen LogP contribution >= 0.6 is 0 Å². The zero-order chi connectivity index (χ0) is 26.1. The maximum absolute atomic E-state index is 12.2. The maximum atomic E-state index is 12.2. The van der Waals surface area contributed by atoms with Crippen molar-refractivity contribution >= 4 is 21.8 Å². The van der Waals surface area contributed by atoms with E-state index in [1.165, 1.54) is 30.5 Å². The van der Waals surface area contributed by atoms with Crippen LogP contribution in [0.5, 0.6) is 0 Å². The molecule has 36 heavy (non-hydrogen) atoms. The molecule has 0 bridgehead atoms. The fraction of sp³-hybridized carbons (Fsp3) is 0.500. The van der Waals surface area contributed by atoms with Crippen LogP contribution < -0.4 is 5.32 Å². The summed E-state index contributed by atoms with van der Waals surface area (Å²) in [5, 5.41) is 10.7. The number of nitrogens with one attached hydrogen (secondary N) is 1. The van der Waals surface area contributed by atoms with Gasteiger partial charge in [0.2, 0.25) is 0 Å². The highest BCUT2D eigenvalue weighted by molar-refractivity contribution is 7.85. The van der Waals surface area contributed by atoms with Crippen molar-refractivity contribution in [1.82, 2.24) is 10.3 Å². The smallest absolute Gasteiger partial charge is 0.294 e. The molecule has 0 radical (unpaired) electrons. The van der Waals surface area contributed by atoms with E-state index in [2.05, 4.69) is 27.5 Å². The summed E-state index contributed by atoms with van der Waals surface area (Å²) < 4.78 is 48.4. The predicted octanol–water partition coefficient (Wildman–Crippen LogP) is 3.58. The first-order valence-electron chi connectivity index (χ1n) is 11.8. The van der Waals surface area contributed by atoms with Gasteiger partial charge >= 0.3 is 0 Å². The molecule has 0 spiro atoms. The first-order chi connectivity index (χ1) is 17.4. The van der Waals surface area contributed by atoms with Crippen molar-refractivity contribution in [2.24, 2.45) is 10.2 Å². The zero-order valence-electron chi connectivity index (χ0n) is 20.5. The summed E-state index contributed by atoms with van der Waals surface area (Å²) in [4.78, 5) is 16.1. The number of unbranched alkanes of at least 4 members (excludes halogenated alkanes) is 1. The van der Waals surface area contributed by atoms with E-state index in [4.69, 9.17) is 14.2 Å². The average molecular weight is 523 g/mol. The topological polar surface area (TPSA) is 149 Å². The maximum Gasteiger partial charge on any atom is 0.294 e. The van der Waals surface area contributed by atoms with Crippen LogP contribution in [0, 0.1) is 0 Å². The van der Waals surface area contributed by atoms with Gasteiger partial charge in [-0.15, -0.1) is 5.11 Å². The minimum absolute atomic E-state index is 0.0540. The Morgan fingerprint density at radius 1 is 0.972 bits per heavy atom. The largest absolute Gasteiger partial charge is 0.379 e. The second-order valence-electron chi connectivity index (χ2n) is 7.69. The van der Waals surface area contributed by atoms with Crippen LogP contribution in [0.1, 0.15) is 42.1 Å². The van der Waals surface area contributed by atoms with Gasteiger partial charge in [-0.05, 0) is 36.6 Å². The van der Waals surface area contributed by atoms with E-state index >= 15 is 0 Å². The minimum atomic E-state index is -4.34. The quantitative estimate of drug-likeness (QED) is 0.171. The Labute approximate surface area is 212 Å². The van der Waals surface area contributed by atoms with Gasteiger partial charge in [0.25, 0.3) is 16.0 Å². The van der Waals surface area contributed by atoms with E-state index < -0.39 is 10.1 Å². The van der Waals surface area contributed by atoms with Gasteiger partial charge in [-0.1, -0.05) is 31.5 Å². The van der Waals surface area contributed by atoms with Crippen molar-refractivity contribution in [1.29, 1.82) is 0 Å². The lowest BCUT2D eigenvalue weighted by molar-refractivity contribution is 0.0137. The summed E-state index contributed by atoms with van der Waals surface area (Å²) in [7, 11) is -4.34. The number of nitrogens with zero attached hydrogens (tertiary/aromatic N) is 3. The summed E-state index contributed by atoms with van der Waals surface area (Å²) >= 11 is 0. The number of hydrogen-bond acceptors (Lipinski definition) is 9. The van der Waals surface area contributed by atoms with Crippen LogP contribution in [-0.4, -0.2) is 70.0 Å². The first-order valence-corrected chi connectivity index (χ1v) is 13.3. The Morgan fingerprint density at radius 3 is 2.28 bits per heavy atom. The predicted molar refractivity (Wildman–Crippen MR) is 133 cm³/mol. The van der Waals surface area contributed by atoms with E-state index in [0.717, 1.165) is 19.4 Å². The van der Waals surface area contributed by atoms with Crippen LogP contribution in [0.4, 0.5) is 5.82 Å². The van der Waals surface area contributed by atoms with Crippen molar-refractivity contribution in [3.05, 3.63) is 53.7 Å². The van der Waals surface area contributed by atoms with Gasteiger partial charge in [-0.3, -0.25) is 9.35 Å². The number of carbonyl (C=O) groups excluding carboxylic acids is 1. The van der Waals surface area contributed by atoms with Crippen molar-refractivity contribution in [3.8, 4) is 0 Å². The van der Waals surface area contributed by atoms with Gasteiger partial charge in [-0.25, -0.2) is 4.98 Å². The lowest BCUT2D eigenvalue weighted by atomic mass is 10.2. The van der Waals surface area contributed by atoms with E-state index in [9.17, 15) is 17.8 Å². The van der Waals surface area contributed by atoms with Crippen molar-refractivity contribution in [3.63, 3.8) is 0 Å². The fourth-order valence-electron chi connectivity index (χ4n) is 2.92. The first kappa shape index (κ1) is 29.5. The molecule has 0 aliphatic carbocycles. The van der Waals surface area contributed by atoms with Crippen LogP contribution in [0.3, 0.4) is 0 Å². The Morgan fingerprint density at radius 2 is 1.64 bits per heavy atom. The van der Waals surface area contributed by atoms with Gasteiger partial charge < -0.3 is 19.5 Å². The Bertz CT molecular complexity index is 1050. The summed E-state index contributed by atoms with van der Waals surface area (Å²) in [6.07, 6.45) is 4.23.